The number of benzene rings is 5. The van der Waals surface area contributed by atoms with E-state index < -0.39 is 0 Å². The molecule has 0 aliphatic heterocycles. The molecule has 0 amide bonds. The molecule has 0 heterocycles. The van der Waals surface area contributed by atoms with Gasteiger partial charge in [-0.05, 0) is 68.7 Å². The number of aryl methyl sites for hydroxylation is 2. The van der Waals surface area contributed by atoms with E-state index in [1.807, 2.05) is 6.07 Å². The third-order valence-electron chi connectivity index (χ3n) is 5.32. The Balaban J connectivity index is 2.24. The van der Waals surface area contributed by atoms with E-state index in [0.29, 0.717) is 0 Å². The molecule has 0 bridgehead atoms. The Kier molecular flexibility index (Phi) is 2.48. The molecule has 0 saturated carbocycles. The summed E-state index contributed by atoms with van der Waals surface area (Å²) in [5.41, 5.74) is 3.38. The van der Waals surface area contributed by atoms with E-state index in [4.69, 9.17) is 0 Å². The smallest absolute Gasteiger partial charge is 0.0998 e. The van der Waals surface area contributed by atoms with E-state index in [0.717, 1.165) is 10.9 Å². The van der Waals surface area contributed by atoms with Gasteiger partial charge < -0.3 is 0 Å². The summed E-state index contributed by atoms with van der Waals surface area (Å²) in [6, 6.07) is 21.6. The van der Waals surface area contributed by atoms with Crippen molar-refractivity contribution in [1.82, 2.24) is 0 Å². The summed E-state index contributed by atoms with van der Waals surface area (Å²) in [4.78, 5) is 0. The largest absolute Gasteiger partial charge is 0.192 e. The van der Waals surface area contributed by atoms with Crippen LogP contribution in [-0.4, -0.2) is 0 Å². The molecule has 0 aliphatic carbocycles. The number of fused-ring (bicyclic) bond motifs is 2. The Hall–Kier alpha value is -3.11. The highest BCUT2D eigenvalue weighted by Crippen LogP contribution is 2.42. The van der Waals surface area contributed by atoms with E-state index >= 15 is 0 Å². The first-order valence-corrected chi connectivity index (χ1v) is 8.20. The molecule has 5 aromatic carbocycles. The average Bonchev–Trinajstić information content (AvgIpc) is 2.61. The van der Waals surface area contributed by atoms with Gasteiger partial charge in [0.25, 0.3) is 0 Å². The minimum Gasteiger partial charge on any atom is -0.192 e. The van der Waals surface area contributed by atoms with Crippen molar-refractivity contribution in [2.45, 2.75) is 13.8 Å². The minimum atomic E-state index is 0.745. The SMILES string of the molecule is Cc1ccc2c3cccc4c(C#N)ccc(c5ccc(C)c1c25)c43. The highest BCUT2D eigenvalue weighted by atomic mass is 14.2. The second kappa shape index (κ2) is 4.46. The van der Waals surface area contributed by atoms with Crippen LogP contribution in [0, 0.1) is 25.2 Å². The van der Waals surface area contributed by atoms with E-state index in [1.54, 1.807) is 0 Å². The van der Waals surface area contributed by atoms with Crippen molar-refractivity contribution in [2.24, 2.45) is 0 Å². The van der Waals surface area contributed by atoms with Crippen molar-refractivity contribution in [1.29, 1.82) is 5.26 Å². The van der Waals surface area contributed by atoms with E-state index in [9.17, 15) is 5.26 Å². The zero-order chi connectivity index (χ0) is 16.4. The molecule has 5 rings (SSSR count). The Morgan fingerprint density at radius 1 is 0.583 bits per heavy atom. The van der Waals surface area contributed by atoms with E-state index in [1.165, 1.54) is 48.8 Å². The van der Waals surface area contributed by atoms with Gasteiger partial charge in [-0.15, -0.1) is 0 Å². The van der Waals surface area contributed by atoms with Crippen molar-refractivity contribution in [3.63, 3.8) is 0 Å². The van der Waals surface area contributed by atoms with Gasteiger partial charge in [0.2, 0.25) is 0 Å². The summed E-state index contributed by atoms with van der Waals surface area (Å²) in [6.07, 6.45) is 0. The van der Waals surface area contributed by atoms with Crippen LogP contribution in [0.25, 0.3) is 43.1 Å². The van der Waals surface area contributed by atoms with Crippen molar-refractivity contribution >= 4 is 43.1 Å². The van der Waals surface area contributed by atoms with Crippen molar-refractivity contribution in [3.8, 4) is 6.07 Å². The Morgan fingerprint density at radius 3 is 1.79 bits per heavy atom. The molecular weight excluding hydrogens is 290 g/mol. The second-order valence-corrected chi connectivity index (χ2v) is 6.61. The molecular formula is C23H15N. The van der Waals surface area contributed by atoms with Crippen LogP contribution in [0.4, 0.5) is 0 Å². The van der Waals surface area contributed by atoms with Crippen LogP contribution in [0.15, 0.2) is 54.6 Å². The van der Waals surface area contributed by atoms with Gasteiger partial charge in [-0.3, -0.25) is 0 Å². The lowest BCUT2D eigenvalue weighted by Crippen LogP contribution is -1.91. The molecule has 0 N–H and O–H groups in total. The zero-order valence-corrected chi connectivity index (χ0v) is 13.6. The highest BCUT2D eigenvalue weighted by Gasteiger charge is 2.15. The minimum absolute atomic E-state index is 0.745. The van der Waals surface area contributed by atoms with Crippen molar-refractivity contribution < 1.29 is 0 Å². The molecule has 112 valence electrons. The van der Waals surface area contributed by atoms with Crippen molar-refractivity contribution in [3.05, 3.63) is 71.3 Å². The lowest BCUT2D eigenvalue weighted by molar-refractivity contribution is 1.48. The Morgan fingerprint density at radius 2 is 1.12 bits per heavy atom. The van der Waals surface area contributed by atoms with Gasteiger partial charge in [-0.2, -0.15) is 5.26 Å². The van der Waals surface area contributed by atoms with Gasteiger partial charge in [-0.25, -0.2) is 0 Å². The number of hydrogen-bond donors (Lipinski definition) is 0. The maximum absolute atomic E-state index is 9.48. The fraction of sp³-hybridized carbons (Fsp3) is 0.0870. The second-order valence-electron chi connectivity index (χ2n) is 6.61. The normalized spacial score (nSPS) is 11.7. The summed E-state index contributed by atoms with van der Waals surface area (Å²) in [7, 11) is 0. The standard InChI is InChI=1S/C23H15N/c1-13-6-9-19-17-5-3-4-16-15(12-24)8-11-18(22(16)17)20-10-7-14(2)21(13)23(19)20/h3-11H,1-2H3. The quantitative estimate of drug-likeness (QED) is 0.246. The van der Waals surface area contributed by atoms with Gasteiger partial charge >= 0.3 is 0 Å². The molecule has 24 heavy (non-hydrogen) atoms. The molecule has 0 aliphatic rings. The fourth-order valence-corrected chi connectivity index (χ4v) is 4.27. The first-order valence-electron chi connectivity index (χ1n) is 8.20. The predicted octanol–water partition coefficient (Wildman–Crippen LogP) is 6.23. The van der Waals surface area contributed by atoms with Crippen LogP contribution in [0.2, 0.25) is 0 Å². The molecule has 0 radical (unpaired) electrons. The molecule has 0 saturated heterocycles. The summed E-state index contributed by atoms with van der Waals surface area (Å²) in [5, 5.41) is 19.5. The zero-order valence-electron chi connectivity index (χ0n) is 13.6. The maximum Gasteiger partial charge on any atom is 0.0998 e. The Labute approximate surface area is 140 Å². The van der Waals surface area contributed by atoms with Gasteiger partial charge in [0, 0.05) is 5.39 Å². The maximum atomic E-state index is 9.48. The average molecular weight is 305 g/mol. The monoisotopic (exact) mass is 305 g/mol. The van der Waals surface area contributed by atoms with Crippen LogP contribution >= 0.6 is 0 Å². The van der Waals surface area contributed by atoms with Gasteiger partial charge in [0.05, 0.1) is 11.6 Å². The van der Waals surface area contributed by atoms with E-state index in [-0.39, 0.29) is 0 Å². The third kappa shape index (κ3) is 1.48. The summed E-state index contributed by atoms with van der Waals surface area (Å²) in [6.45, 7) is 4.37. The topological polar surface area (TPSA) is 23.8 Å². The van der Waals surface area contributed by atoms with Crippen LogP contribution in [0.1, 0.15) is 16.7 Å². The molecule has 0 spiro atoms. The highest BCUT2D eigenvalue weighted by molar-refractivity contribution is 6.33. The molecule has 0 fully saturated rings. The first kappa shape index (κ1) is 13.3. The molecule has 1 heteroatoms. The lowest BCUT2D eigenvalue weighted by atomic mass is 9.86. The summed E-state index contributed by atoms with van der Waals surface area (Å²) < 4.78 is 0. The molecule has 5 aromatic rings. The van der Waals surface area contributed by atoms with Gasteiger partial charge in [-0.1, -0.05) is 48.5 Å². The third-order valence-corrected chi connectivity index (χ3v) is 5.32. The molecule has 1 nitrogen and oxygen atoms in total. The predicted molar refractivity (Wildman–Crippen MR) is 102 cm³/mol. The first-order chi connectivity index (χ1) is 11.7. The lowest BCUT2D eigenvalue weighted by Gasteiger charge is -2.17. The summed E-state index contributed by atoms with van der Waals surface area (Å²) >= 11 is 0. The molecule has 0 unspecified atom stereocenters. The van der Waals surface area contributed by atoms with Crippen LogP contribution in [-0.2, 0) is 0 Å². The van der Waals surface area contributed by atoms with Crippen molar-refractivity contribution in [2.75, 3.05) is 0 Å². The van der Waals surface area contributed by atoms with Crippen LogP contribution in [0.3, 0.4) is 0 Å². The molecule has 0 aromatic heterocycles. The van der Waals surface area contributed by atoms with Gasteiger partial charge in [0.15, 0.2) is 0 Å². The number of hydrogen-bond acceptors (Lipinski definition) is 1. The Bertz CT molecular complexity index is 1260. The number of nitriles is 1. The van der Waals surface area contributed by atoms with E-state index in [2.05, 4.69) is 68.4 Å². The fourth-order valence-electron chi connectivity index (χ4n) is 4.27. The number of rotatable bonds is 0. The van der Waals surface area contributed by atoms with Crippen LogP contribution < -0.4 is 0 Å². The summed E-state index contributed by atoms with van der Waals surface area (Å²) in [5.74, 6) is 0. The van der Waals surface area contributed by atoms with Crippen LogP contribution in [0.5, 0.6) is 0 Å². The van der Waals surface area contributed by atoms with Gasteiger partial charge in [0.1, 0.15) is 0 Å². The molecule has 0 atom stereocenters. The number of nitrogens with zero attached hydrogens (tertiary/aromatic N) is 1.